The number of carbonyl (C=O) groups excluding carboxylic acids is 1. The first kappa shape index (κ1) is 11.1. The van der Waals surface area contributed by atoms with E-state index in [9.17, 15) is 4.79 Å². The predicted molar refractivity (Wildman–Crippen MR) is 64.7 cm³/mol. The molecule has 1 aromatic rings. The van der Waals surface area contributed by atoms with Crippen LogP contribution < -0.4 is 5.32 Å². The van der Waals surface area contributed by atoms with E-state index in [-0.39, 0.29) is 5.91 Å². The van der Waals surface area contributed by atoms with E-state index in [0.717, 1.165) is 13.0 Å². The number of hydrogen-bond acceptors (Lipinski definition) is 3. The zero-order chi connectivity index (χ0) is 11.4. The molecule has 4 nitrogen and oxygen atoms in total. The molecule has 0 bridgehead atoms. The number of carbonyl (C=O) groups is 1. The fourth-order valence-corrected chi connectivity index (χ4v) is 2.21. The molecule has 1 radical (unpaired) electrons. The predicted octanol–water partition coefficient (Wildman–Crippen LogP) is 1.71. The van der Waals surface area contributed by atoms with Gasteiger partial charge in [0.2, 0.25) is 0 Å². The molecule has 0 N–H and O–H groups in total. The molecule has 1 amide bonds. The maximum Gasteiger partial charge on any atom is 0.298 e. The number of hydrogen-bond donors (Lipinski definition) is 0. The van der Waals surface area contributed by atoms with Gasteiger partial charge in [0.25, 0.3) is 5.91 Å². The topological polar surface area (TPSA) is 56.4 Å². The summed E-state index contributed by atoms with van der Waals surface area (Å²) in [6.07, 6.45) is 2.63. The minimum atomic E-state index is -0.316. The lowest BCUT2D eigenvalue weighted by molar-refractivity contribution is 0.0998. The van der Waals surface area contributed by atoms with Gasteiger partial charge in [0, 0.05) is 11.4 Å². The molecule has 1 unspecified atom stereocenters. The Labute approximate surface area is 98.6 Å². The van der Waals surface area contributed by atoms with Crippen LogP contribution in [0.4, 0.5) is 0 Å². The zero-order valence-corrected chi connectivity index (χ0v) is 9.78. The molecule has 1 aromatic heterocycles. The molecule has 2 rings (SSSR count). The highest BCUT2D eigenvalue weighted by Gasteiger charge is 2.22. The van der Waals surface area contributed by atoms with Gasteiger partial charge in [0.1, 0.15) is 5.69 Å². The Balaban J connectivity index is 2.05. The summed E-state index contributed by atoms with van der Waals surface area (Å²) in [5.41, 5.74) is 0.366. The van der Waals surface area contributed by atoms with Crippen molar-refractivity contribution < 1.29 is 4.79 Å². The highest BCUT2D eigenvalue weighted by Crippen LogP contribution is 2.22. The molecular weight excluding hydrogens is 222 g/mol. The van der Waals surface area contributed by atoms with Crippen LogP contribution in [-0.2, 0) is 0 Å². The summed E-state index contributed by atoms with van der Waals surface area (Å²) in [5, 5.41) is 5.27. The lowest BCUT2D eigenvalue weighted by Crippen LogP contribution is -2.09. The van der Waals surface area contributed by atoms with Crippen LogP contribution in [0, 0.1) is 0 Å². The highest BCUT2D eigenvalue weighted by atomic mass is 32.2. The molecule has 1 aliphatic rings. The quantitative estimate of drug-likeness (QED) is 0.782. The summed E-state index contributed by atoms with van der Waals surface area (Å²) >= 11 is 1.57. The molecular formula is C11H12N3OS. The number of pyridine rings is 1. The van der Waals surface area contributed by atoms with Crippen LogP contribution in [0.2, 0.25) is 0 Å². The van der Waals surface area contributed by atoms with Gasteiger partial charge < -0.3 is 0 Å². The van der Waals surface area contributed by atoms with Crippen molar-refractivity contribution in [2.45, 2.75) is 18.6 Å². The molecule has 5 heteroatoms. The average Bonchev–Trinajstić information content (AvgIpc) is 2.78. The van der Waals surface area contributed by atoms with Crippen LogP contribution in [0.1, 0.15) is 23.8 Å². The number of thioether (sulfide) groups is 1. The lowest BCUT2D eigenvalue weighted by Gasteiger charge is -1.97. The van der Waals surface area contributed by atoms with Crippen molar-refractivity contribution in [3.63, 3.8) is 0 Å². The minimum Gasteiger partial charge on any atom is -0.265 e. The Morgan fingerprint density at radius 3 is 3.12 bits per heavy atom. The molecule has 1 fully saturated rings. The highest BCUT2D eigenvalue weighted by molar-refractivity contribution is 8.14. The molecule has 16 heavy (non-hydrogen) atoms. The summed E-state index contributed by atoms with van der Waals surface area (Å²) < 4.78 is 0. The number of amidine groups is 1. The third-order valence-corrected chi connectivity index (χ3v) is 3.49. The molecule has 1 aliphatic heterocycles. The maximum atomic E-state index is 11.7. The van der Waals surface area contributed by atoms with Crippen LogP contribution in [0.5, 0.6) is 0 Å². The minimum absolute atomic E-state index is 0.316. The van der Waals surface area contributed by atoms with Gasteiger partial charge in [-0.3, -0.25) is 15.1 Å². The number of rotatable bonds is 2. The SMILES string of the molecule is CCC1C[N]C(=NC(=O)c2ccccn2)S1. The van der Waals surface area contributed by atoms with Crippen molar-refractivity contribution in [3.8, 4) is 0 Å². The van der Waals surface area contributed by atoms with Gasteiger partial charge >= 0.3 is 0 Å². The second-order valence-corrected chi connectivity index (χ2v) is 4.67. The van der Waals surface area contributed by atoms with Crippen molar-refractivity contribution in [1.82, 2.24) is 10.3 Å². The maximum absolute atomic E-state index is 11.7. The first-order valence-electron chi connectivity index (χ1n) is 5.18. The molecule has 0 aromatic carbocycles. The lowest BCUT2D eigenvalue weighted by atomic mass is 10.3. The Kier molecular flexibility index (Phi) is 3.56. The van der Waals surface area contributed by atoms with Crippen molar-refractivity contribution in [2.75, 3.05) is 6.54 Å². The van der Waals surface area contributed by atoms with Gasteiger partial charge in [-0.1, -0.05) is 24.8 Å². The van der Waals surface area contributed by atoms with Crippen LogP contribution in [0.15, 0.2) is 29.4 Å². The number of aromatic nitrogens is 1. The summed E-state index contributed by atoms with van der Waals surface area (Å²) in [7, 11) is 0. The standard InChI is InChI=1S/C11H12N3OS/c1-2-8-7-13-11(16-8)14-10(15)9-5-3-4-6-12-9/h3-6,8H,2,7H2,1H3. The van der Waals surface area contributed by atoms with Gasteiger partial charge in [-0.15, -0.1) is 0 Å². The molecule has 2 heterocycles. The number of amides is 1. The largest absolute Gasteiger partial charge is 0.298 e. The van der Waals surface area contributed by atoms with Crippen molar-refractivity contribution in [3.05, 3.63) is 30.1 Å². The first-order valence-corrected chi connectivity index (χ1v) is 6.05. The normalized spacial score (nSPS) is 22.1. The molecule has 0 spiro atoms. The van der Waals surface area contributed by atoms with Crippen molar-refractivity contribution in [1.29, 1.82) is 0 Å². The van der Waals surface area contributed by atoms with E-state index in [2.05, 4.69) is 22.2 Å². The van der Waals surface area contributed by atoms with Gasteiger partial charge in [-0.05, 0) is 18.6 Å². The van der Waals surface area contributed by atoms with E-state index in [0.29, 0.717) is 16.1 Å². The van der Waals surface area contributed by atoms with E-state index in [4.69, 9.17) is 0 Å². The van der Waals surface area contributed by atoms with Crippen molar-refractivity contribution in [2.24, 2.45) is 4.99 Å². The van der Waals surface area contributed by atoms with E-state index >= 15 is 0 Å². The summed E-state index contributed by atoms with van der Waals surface area (Å²) in [5.74, 6) is -0.316. The smallest absolute Gasteiger partial charge is 0.265 e. The molecule has 0 saturated carbocycles. The van der Waals surface area contributed by atoms with E-state index < -0.39 is 0 Å². The monoisotopic (exact) mass is 234 g/mol. The second-order valence-electron chi connectivity index (χ2n) is 3.40. The second kappa shape index (κ2) is 5.12. The van der Waals surface area contributed by atoms with Gasteiger partial charge in [-0.2, -0.15) is 4.99 Å². The first-order chi connectivity index (χ1) is 7.79. The van der Waals surface area contributed by atoms with Gasteiger partial charge in [0.15, 0.2) is 5.17 Å². The van der Waals surface area contributed by atoms with Crippen LogP contribution in [0.25, 0.3) is 0 Å². The summed E-state index contributed by atoms with van der Waals surface area (Å²) in [6, 6.07) is 5.20. The number of nitrogens with zero attached hydrogens (tertiary/aromatic N) is 3. The Morgan fingerprint density at radius 1 is 1.62 bits per heavy atom. The summed E-state index contributed by atoms with van der Waals surface area (Å²) in [6.45, 7) is 2.87. The zero-order valence-electron chi connectivity index (χ0n) is 8.96. The van der Waals surface area contributed by atoms with Crippen LogP contribution in [-0.4, -0.2) is 27.9 Å². The van der Waals surface area contributed by atoms with Crippen LogP contribution >= 0.6 is 11.8 Å². The average molecular weight is 234 g/mol. The van der Waals surface area contributed by atoms with E-state index in [1.165, 1.54) is 0 Å². The fraction of sp³-hybridized carbons (Fsp3) is 0.364. The Morgan fingerprint density at radius 2 is 2.50 bits per heavy atom. The van der Waals surface area contributed by atoms with Crippen LogP contribution in [0.3, 0.4) is 0 Å². The fourth-order valence-electron chi connectivity index (χ4n) is 1.31. The molecule has 0 aliphatic carbocycles. The molecule has 1 saturated heterocycles. The molecule has 1 atom stereocenters. The number of aliphatic imine (C=N–C) groups is 1. The summed E-state index contributed by atoms with van der Waals surface area (Å²) in [4.78, 5) is 19.6. The van der Waals surface area contributed by atoms with Crippen molar-refractivity contribution >= 4 is 22.8 Å². The van der Waals surface area contributed by atoms with E-state index in [1.54, 1.807) is 36.2 Å². The third-order valence-electron chi connectivity index (χ3n) is 2.24. The Bertz CT molecular complexity index is 405. The van der Waals surface area contributed by atoms with Gasteiger partial charge in [0.05, 0.1) is 6.54 Å². The third kappa shape index (κ3) is 2.61. The van der Waals surface area contributed by atoms with E-state index in [1.807, 2.05) is 0 Å². The molecule has 83 valence electrons. The Hall–Kier alpha value is -1.36. The van der Waals surface area contributed by atoms with Gasteiger partial charge in [-0.25, -0.2) is 0 Å².